The largest absolute Gasteiger partial charge is 0.497 e. The summed E-state index contributed by atoms with van der Waals surface area (Å²) in [6.45, 7) is -1.34. The number of carbonyl (C=O) groups is 1. The van der Waals surface area contributed by atoms with Crippen molar-refractivity contribution < 1.29 is 27.8 Å². The first-order valence-electron chi connectivity index (χ1n) is 6.51. The van der Waals surface area contributed by atoms with E-state index in [2.05, 4.69) is 5.32 Å². The first kappa shape index (κ1) is 15.6. The first-order valence-corrected chi connectivity index (χ1v) is 6.51. The zero-order valence-electron chi connectivity index (χ0n) is 11.5. The highest BCUT2D eigenvalue weighted by molar-refractivity contribution is 5.82. The monoisotopic (exact) mass is 303 g/mol. The van der Waals surface area contributed by atoms with Gasteiger partial charge in [0.25, 0.3) is 0 Å². The fourth-order valence-electron chi connectivity index (χ4n) is 2.73. The van der Waals surface area contributed by atoms with E-state index in [4.69, 9.17) is 4.74 Å². The summed E-state index contributed by atoms with van der Waals surface area (Å²) in [6, 6.07) is 4.78. The Labute approximate surface area is 119 Å². The molecule has 0 saturated heterocycles. The molecule has 0 heterocycles. The molecule has 0 amide bonds. The molecule has 1 aliphatic rings. The molecule has 0 bridgehead atoms. The van der Waals surface area contributed by atoms with Crippen LogP contribution in [-0.4, -0.2) is 30.9 Å². The van der Waals surface area contributed by atoms with Gasteiger partial charge in [-0.05, 0) is 42.5 Å². The number of hydrogen-bond acceptors (Lipinski definition) is 3. The third kappa shape index (κ3) is 3.12. The highest BCUT2D eigenvalue weighted by atomic mass is 19.4. The Kier molecular flexibility index (Phi) is 4.13. The van der Waals surface area contributed by atoms with Crippen molar-refractivity contribution in [1.82, 2.24) is 5.32 Å². The normalized spacial score (nSPS) is 21.7. The Bertz CT molecular complexity index is 545. The molecule has 2 rings (SSSR count). The average molecular weight is 303 g/mol. The number of hydrogen-bond donors (Lipinski definition) is 2. The second-order valence-corrected chi connectivity index (χ2v) is 5.06. The molecule has 0 aliphatic heterocycles. The Balaban J connectivity index is 2.42. The molecular weight excluding hydrogens is 287 g/mol. The van der Waals surface area contributed by atoms with Crippen molar-refractivity contribution in [3.8, 4) is 5.75 Å². The summed E-state index contributed by atoms with van der Waals surface area (Å²) >= 11 is 0. The van der Waals surface area contributed by atoms with Gasteiger partial charge in [0.05, 0.1) is 13.7 Å². The number of alkyl halides is 3. The van der Waals surface area contributed by atoms with Crippen LogP contribution in [0.5, 0.6) is 5.75 Å². The number of ether oxygens (including phenoxy) is 1. The van der Waals surface area contributed by atoms with E-state index in [1.807, 2.05) is 0 Å². The van der Waals surface area contributed by atoms with E-state index in [1.165, 1.54) is 13.2 Å². The summed E-state index contributed by atoms with van der Waals surface area (Å²) < 4.78 is 42.5. The van der Waals surface area contributed by atoms with Crippen LogP contribution in [0.2, 0.25) is 0 Å². The molecule has 0 saturated carbocycles. The third-order valence-corrected chi connectivity index (χ3v) is 3.73. The molecule has 1 aliphatic carbocycles. The van der Waals surface area contributed by atoms with E-state index in [9.17, 15) is 23.1 Å². The highest BCUT2D eigenvalue weighted by Gasteiger charge is 2.45. The quantitative estimate of drug-likeness (QED) is 0.897. The van der Waals surface area contributed by atoms with E-state index >= 15 is 0 Å². The van der Waals surface area contributed by atoms with Crippen LogP contribution < -0.4 is 10.1 Å². The van der Waals surface area contributed by atoms with Gasteiger partial charge in [-0.15, -0.1) is 0 Å². The van der Waals surface area contributed by atoms with Crippen molar-refractivity contribution >= 4 is 5.97 Å². The van der Waals surface area contributed by atoms with E-state index in [-0.39, 0.29) is 6.42 Å². The number of carboxylic acids is 1. The van der Waals surface area contributed by atoms with Gasteiger partial charge in [0.1, 0.15) is 11.3 Å². The SMILES string of the molecule is COc1ccc2c(c1)CCCC2(NCC(F)(F)F)C(=O)O. The zero-order valence-corrected chi connectivity index (χ0v) is 11.5. The van der Waals surface area contributed by atoms with Crippen LogP contribution in [0.4, 0.5) is 13.2 Å². The molecule has 0 fully saturated rings. The Morgan fingerprint density at radius 3 is 2.76 bits per heavy atom. The van der Waals surface area contributed by atoms with Gasteiger partial charge in [0.15, 0.2) is 0 Å². The molecule has 2 N–H and O–H groups in total. The van der Waals surface area contributed by atoms with Gasteiger partial charge >= 0.3 is 12.1 Å². The Morgan fingerprint density at radius 1 is 1.48 bits per heavy atom. The molecule has 7 heteroatoms. The topological polar surface area (TPSA) is 58.6 Å². The summed E-state index contributed by atoms with van der Waals surface area (Å²) in [5, 5.41) is 11.7. The molecule has 1 aromatic rings. The van der Waals surface area contributed by atoms with Crippen molar-refractivity contribution in [3.05, 3.63) is 29.3 Å². The maximum absolute atomic E-state index is 12.5. The second-order valence-electron chi connectivity index (χ2n) is 5.06. The second kappa shape index (κ2) is 5.55. The Hall–Kier alpha value is -1.76. The molecule has 1 aromatic carbocycles. The van der Waals surface area contributed by atoms with Crippen LogP contribution in [0.1, 0.15) is 24.0 Å². The molecule has 116 valence electrons. The van der Waals surface area contributed by atoms with Gasteiger partial charge in [-0.2, -0.15) is 13.2 Å². The highest BCUT2D eigenvalue weighted by Crippen LogP contribution is 2.38. The van der Waals surface area contributed by atoms with E-state index in [1.54, 1.807) is 12.1 Å². The van der Waals surface area contributed by atoms with E-state index < -0.39 is 24.2 Å². The van der Waals surface area contributed by atoms with Crippen molar-refractivity contribution in [3.63, 3.8) is 0 Å². The van der Waals surface area contributed by atoms with Crippen LogP contribution in [0.3, 0.4) is 0 Å². The maximum Gasteiger partial charge on any atom is 0.401 e. The number of benzene rings is 1. The van der Waals surface area contributed by atoms with Gasteiger partial charge < -0.3 is 9.84 Å². The number of aliphatic carboxylic acids is 1. The lowest BCUT2D eigenvalue weighted by atomic mass is 9.76. The lowest BCUT2D eigenvalue weighted by Gasteiger charge is -2.36. The summed E-state index contributed by atoms with van der Waals surface area (Å²) in [4.78, 5) is 11.6. The molecule has 0 aromatic heterocycles. The number of aryl methyl sites for hydroxylation is 1. The van der Waals surface area contributed by atoms with Gasteiger partial charge in [0.2, 0.25) is 0 Å². The summed E-state index contributed by atoms with van der Waals surface area (Å²) in [7, 11) is 1.48. The molecule has 0 spiro atoms. The molecule has 0 radical (unpaired) electrons. The van der Waals surface area contributed by atoms with E-state index in [0.29, 0.717) is 29.7 Å². The number of fused-ring (bicyclic) bond motifs is 1. The van der Waals surface area contributed by atoms with Crippen LogP contribution in [0.25, 0.3) is 0 Å². The fraction of sp³-hybridized carbons (Fsp3) is 0.500. The van der Waals surface area contributed by atoms with Gasteiger partial charge in [0, 0.05) is 0 Å². The van der Waals surface area contributed by atoms with Crippen LogP contribution >= 0.6 is 0 Å². The zero-order chi connectivity index (χ0) is 15.7. The molecule has 4 nitrogen and oxygen atoms in total. The predicted molar refractivity (Wildman–Crippen MR) is 69.3 cm³/mol. The number of methoxy groups -OCH3 is 1. The van der Waals surface area contributed by atoms with Crippen molar-refractivity contribution in [2.75, 3.05) is 13.7 Å². The maximum atomic E-state index is 12.5. The number of nitrogens with one attached hydrogen (secondary N) is 1. The predicted octanol–water partition coefficient (Wildman–Crippen LogP) is 2.46. The lowest BCUT2D eigenvalue weighted by molar-refractivity contribution is -0.152. The smallest absolute Gasteiger partial charge is 0.401 e. The minimum absolute atomic E-state index is 0.123. The first-order chi connectivity index (χ1) is 9.78. The summed E-state index contributed by atoms with van der Waals surface area (Å²) in [6.07, 6.45) is -3.23. The Morgan fingerprint density at radius 2 is 2.19 bits per heavy atom. The molecular formula is C14H16F3NO3. The number of rotatable bonds is 4. The summed E-state index contributed by atoms with van der Waals surface area (Å²) in [5.74, 6) is -0.733. The minimum Gasteiger partial charge on any atom is -0.497 e. The molecule has 1 atom stereocenters. The third-order valence-electron chi connectivity index (χ3n) is 3.73. The number of carboxylic acid groups (broad SMARTS) is 1. The molecule has 1 unspecified atom stereocenters. The van der Waals surface area contributed by atoms with Crippen molar-refractivity contribution in [2.45, 2.75) is 31.0 Å². The average Bonchev–Trinajstić information content (AvgIpc) is 2.43. The van der Waals surface area contributed by atoms with Crippen molar-refractivity contribution in [2.24, 2.45) is 0 Å². The van der Waals surface area contributed by atoms with Gasteiger partial charge in [-0.1, -0.05) is 6.07 Å². The van der Waals surface area contributed by atoms with Crippen LogP contribution in [-0.2, 0) is 16.8 Å². The van der Waals surface area contributed by atoms with E-state index in [0.717, 1.165) is 0 Å². The minimum atomic E-state index is -4.47. The molecule has 21 heavy (non-hydrogen) atoms. The van der Waals surface area contributed by atoms with Gasteiger partial charge in [-0.3, -0.25) is 5.32 Å². The fourth-order valence-corrected chi connectivity index (χ4v) is 2.73. The van der Waals surface area contributed by atoms with Crippen LogP contribution in [0.15, 0.2) is 18.2 Å². The standard InChI is InChI=1S/C14H16F3NO3/c1-21-10-4-5-11-9(7-10)3-2-6-13(11,12(19)20)18-8-14(15,16)17/h4-5,7,18H,2-3,6,8H2,1H3,(H,19,20). The summed E-state index contributed by atoms with van der Waals surface area (Å²) in [5.41, 5.74) is -0.612. The van der Waals surface area contributed by atoms with Gasteiger partial charge in [-0.25, -0.2) is 4.79 Å². The lowest BCUT2D eigenvalue weighted by Crippen LogP contribution is -2.53. The van der Waals surface area contributed by atoms with Crippen LogP contribution in [0, 0.1) is 0 Å². The number of halogens is 3. The van der Waals surface area contributed by atoms with Crippen molar-refractivity contribution in [1.29, 1.82) is 0 Å².